The molecule has 3 rings (SSSR count). The zero-order chi connectivity index (χ0) is 27.1. The second kappa shape index (κ2) is 9.43. The number of nitriles is 1. The summed E-state index contributed by atoms with van der Waals surface area (Å²) in [5.74, 6) is -1.18. The Morgan fingerprint density at radius 3 is 2.33 bits per heavy atom. The van der Waals surface area contributed by atoms with Crippen LogP contribution in [0.5, 0.6) is 5.75 Å². The Kier molecular flexibility index (Phi) is 7.06. The molecule has 0 amide bonds. The highest BCUT2D eigenvalue weighted by Gasteiger charge is 2.63. The Morgan fingerprint density at radius 1 is 1.17 bits per heavy atom. The highest BCUT2D eigenvalue weighted by molar-refractivity contribution is 5.89. The molecule has 0 aromatic heterocycles. The number of nitrogens with one attached hydrogen (secondary N) is 1. The zero-order valence-corrected chi connectivity index (χ0v) is 20.1. The molecule has 0 unspecified atom stereocenters. The van der Waals surface area contributed by atoms with Crippen molar-refractivity contribution in [2.75, 3.05) is 0 Å². The van der Waals surface area contributed by atoms with Crippen LogP contribution in [0.2, 0.25) is 0 Å². The number of hydrogen-bond donors (Lipinski definition) is 2. The molecule has 2 aromatic rings. The molecule has 1 saturated carbocycles. The lowest BCUT2D eigenvalue weighted by molar-refractivity contribution is -0.384. The SMILES string of the molecule is CC1(C)C(NCc2cc([N+](=O)[O-])ccc2C(=O)O)C(C)(C)C1Oc1ccc(CC#N)c(C(F)(F)F)c1. The maximum absolute atomic E-state index is 13.5. The number of hydrogen-bond acceptors (Lipinski definition) is 6. The van der Waals surface area contributed by atoms with E-state index in [9.17, 15) is 33.2 Å². The van der Waals surface area contributed by atoms with Crippen LogP contribution in [-0.2, 0) is 19.1 Å². The van der Waals surface area contributed by atoms with Gasteiger partial charge in [-0.2, -0.15) is 18.4 Å². The number of halogens is 3. The molecule has 0 aliphatic heterocycles. The molecule has 1 fully saturated rings. The summed E-state index contributed by atoms with van der Waals surface area (Å²) in [6.07, 6.45) is -5.52. The number of nitrogens with zero attached hydrogens (tertiary/aromatic N) is 2. The number of carbonyl (C=O) groups is 1. The first-order valence-electron chi connectivity index (χ1n) is 11.1. The van der Waals surface area contributed by atoms with Gasteiger partial charge in [0.05, 0.1) is 28.5 Å². The molecular formula is C25H26F3N3O5. The van der Waals surface area contributed by atoms with Crippen LogP contribution < -0.4 is 10.1 Å². The van der Waals surface area contributed by atoms with Crippen molar-refractivity contribution in [1.29, 1.82) is 5.26 Å². The fraction of sp³-hybridized carbons (Fsp3) is 0.440. The van der Waals surface area contributed by atoms with E-state index >= 15 is 0 Å². The molecule has 11 heteroatoms. The number of aromatic carboxylic acids is 1. The lowest BCUT2D eigenvalue weighted by Crippen LogP contribution is -2.74. The summed E-state index contributed by atoms with van der Waals surface area (Å²) in [5.41, 5.74) is -2.27. The summed E-state index contributed by atoms with van der Waals surface area (Å²) in [7, 11) is 0. The Labute approximate surface area is 205 Å². The molecule has 8 nitrogen and oxygen atoms in total. The molecule has 0 atom stereocenters. The van der Waals surface area contributed by atoms with Gasteiger partial charge in [0.15, 0.2) is 0 Å². The minimum atomic E-state index is -4.64. The predicted molar refractivity (Wildman–Crippen MR) is 123 cm³/mol. The summed E-state index contributed by atoms with van der Waals surface area (Å²) in [4.78, 5) is 22.1. The van der Waals surface area contributed by atoms with Gasteiger partial charge in [-0.25, -0.2) is 4.79 Å². The van der Waals surface area contributed by atoms with Crippen molar-refractivity contribution >= 4 is 11.7 Å². The fourth-order valence-electron chi connectivity index (χ4n) is 5.48. The van der Waals surface area contributed by atoms with Gasteiger partial charge >= 0.3 is 12.1 Å². The average Bonchev–Trinajstić information content (AvgIpc) is 2.76. The number of alkyl halides is 3. The quantitative estimate of drug-likeness (QED) is 0.366. The van der Waals surface area contributed by atoms with E-state index in [0.717, 1.165) is 12.1 Å². The molecule has 2 aromatic carbocycles. The highest BCUT2D eigenvalue weighted by atomic mass is 19.4. The molecule has 0 heterocycles. The number of carboxylic acid groups (broad SMARTS) is 1. The fourth-order valence-corrected chi connectivity index (χ4v) is 5.48. The van der Waals surface area contributed by atoms with Crippen LogP contribution in [0.3, 0.4) is 0 Å². The van der Waals surface area contributed by atoms with Gasteiger partial charge in [-0.3, -0.25) is 10.1 Å². The van der Waals surface area contributed by atoms with E-state index in [0.29, 0.717) is 0 Å². The van der Waals surface area contributed by atoms with E-state index in [1.165, 1.54) is 24.3 Å². The van der Waals surface area contributed by atoms with Crippen molar-refractivity contribution in [3.63, 3.8) is 0 Å². The van der Waals surface area contributed by atoms with E-state index < -0.39 is 39.6 Å². The van der Waals surface area contributed by atoms with Crippen LogP contribution >= 0.6 is 0 Å². The number of carboxylic acids is 1. The summed E-state index contributed by atoms with van der Waals surface area (Å²) < 4.78 is 46.6. The predicted octanol–water partition coefficient (Wildman–Crippen LogP) is 5.35. The molecule has 36 heavy (non-hydrogen) atoms. The number of rotatable bonds is 8. The lowest BCUT2D eigenvalue weighted by atomic mass is 9.49. The first-order chi connectivity index (χ1) is 16.6. The Hall–Kier alpha value is -3.65. The standard InChI is InChI=1S/C25H26F3N3O5/c1-23(2)21(30-13-15-11-16(31(34)35)6-8-18(15)20(32)33)24(3,4)22(23)36-17-7-5-14(9-10-29)19(12-17)25(26,27)28/h5-8,11-12,21-22,30H,9,13H2,1-4H3,(H,32,33). The molecule has 0 radical (unpaired) electrons. The lowest BCUT2D eigenvalue weighted by Gasteiger charge is -2.63. The van der Waals surface area contributed by atoms with Crippen LogP contribution in [0, 0.1) is 32.3 Å². The molecule has 192 valence electrons. The molecular weight excluding hydrogens is 479 g/mol. The summed E-state index contributed by atoms with van der Waals surface area (Å²) in [5, 5.41) is 32.7. The van der Waals surface area contributed by atoms with Crippen molar-refractivity contribution in [2.24, 2.45) is 10.8 Å². The minimum Gasteiger partial charge on any atom is -0.489 e. The number of non-ortho nitro benzene ring substituents is 1. The second-order valence-corrected chi connectivity index (χ2v) is 10.0. The third-order valence-corrected chi connectivity index (χ3v) is 6.78. The van der Waals surface area contributed by atoms with Crippen LogP contribution in [-0.4, -0.2) is 28.1 Å². The number of nitro groups is 1. The van der Waals surface area contributed by atoms with Gasteiger partial charge in [-0.05, 0) is 29.3 Å². The minimum absolute atomic E-state index is 0.0282. The number of ether oxygens (including phenoxy) is 1. The van der Waals surface area contributed by atoms with E-state index in [2.05, 4.69) is 5.32 Å². The average molecular weight is 505 g/mol. The van der Waals surface area contributed by atoms with Crippen LogP contribution in [0.4, 0.5) is 18.9 Å². The maximum Gasteiger partial charge on any atom is 0.416 e. The van der Waals surface area contributed by atoms with E-state index in [-0.39, 0.29) is 47.1 Å². The first-order valence-corrected chi connectivity index (χ1v) is 11.1. The van der Waals surface area contributed by atoms with Crippen LogP contribution in [0.1, 0.15) is 54.7 Å². The maximum atomic E-state index is 13.5. The van der Waals surface area contributed by atoms with E-state index in [1.54, 1.807) is 6.07 Å². The molecule has 1 aliphatic carbocycles. The van der Waals surface area contributed by atoms with Gasteiger partial charge in [-0.15, -0.1) is 0 Å². The van der Waals surface area contributed by atoms with Gasteiger partial charge in [0, 0.05) is 35.5 Å². The van der Waals surface area contributed by atoms with Crippen molar-refractivity contribution in [1.82, 2.24) is 5.32 Å². The largest absolute Gasteiger partial charge is 0.489 e. The number of benzene rings is 2. The Balaban J connectivity index is 1.82. The van der Waals surface area contributed by atoms with Crippen molar-refractivity contribution in [2.45, 2.75) is 59.0 Å². The summed E-state index contributed by atoms with van der Waals surface area (Å²) in [6.45, 7) is 7.54. The molecule has 2 N–H and O–H groups in total. The van der Waals surface area contributed by atoms with Crippen molar-refractivity contribution in [3.05, 3.63) is 68.8 Å². The van der Waals surface area contributed by atoms with Gasteiger partial charge in [-0.1, -0.05) is 33.8 Å². The smallest absolute Gasteiger partial charge is 0.416 e. The van der Waals surface area contributed by atoms with Gasteiger partial charge in [0.25, 0.3) is 5.69 Å². The number of nitro benzene ring substituents is 1. The third kappa shape index (κ3) is 4.99. The monoisotopic (exact) mass is 505 g/mol. The van der Waals surface area contributed by atoms with E-state index in [4.69, 9.17) is 10.00 Å². The molecule has 0 spiro atoms. The molecule has 0 bridgehead atoms. The normalized spacial score (nSPS) is 20.2. The zero-order valence-electron chi connectivity index (χ0n) is 20.1. The van der Waals surface area contributed by atoms with Gasteiger partial charge in [0.2, 0.25) is 0 Å². The van der Waals surface area contributed by atoms with Gasteiger partial charge < -0.3 is 15.2 Å². The Bertz CT molecular complexity index is 1220. The molecule has 0 saturated heterocycles. The highest BCUT2D eigenvalue weighted by Crippen LogP contribution is 2.55. The summed E-state index contributed by atoms with van der Waals surface area (Å²) >= 11 is 0. The second-order valence-electron chi connectivity index (χ2n) is 10.0. The van der Waals surface area contributed by atoms with Gasteiger partial charge in [0.1, 0.15) is 11.9 Å². The Morgan fingerprint density at radius 2 is 1.81 bits per heavy atom. The topological polar surface area (TPSA) is 125 Å². The molecule has 1 aliphatic rings. The van der Waals surface area contributed by atoms with Crippen molar-refractivity contribution in [3.8, 4) is 11.8 Å². The summed E-state index contributed by atoms with van der Waals surface area (Å²) in [6, 6.07) is 8.57. The van der Waals surface area contributed by atoms with Crippen molar-refractivity contribution < 1.29 is 32.7 Å². The third-order valence-electron chi connectivity index (χ3n) is 6.78. The first kappa shape index (κ1) is 26.9. The van der Waals surface area contributed by atoms with E-state index in [1.807, 2.05) is 27.7 Å². The van der Waals surface area contributed by atoms with Crippen LogP contribution in [0.15, 0.2) is 36.4 Å². The van der Waals surface area contributed by atoms with Crippen LogP contribution in [0.25, 0.3) is 0 Å².